The first-order chi connectivity index (χ1) is 9.79. The predicted molar refractivity (Wildman–Crippen MR) is 86.2 cm³/mol. The Balaban J connectivity index is 2.86. The van der Waals surface area contributed by atoms with Crippen molar-refractivity contribution in [2.45, 2.75) is 26.7 Å². The molecule has 0 aromatic carbocycles. The molecule has 0 aliphatic heterocycles. The van der Waals surface area contributed by atoms with Gasteiger partial charge in [-0.25, -0.2) is 22.7 Å². The molecule has 1 aromatic rings. The fourth-order valence-electron chi connectivity index (χ4n) is 1.87. The van der Waals surface area contributed by atoms with Crippen molar-refractivity contribution in [3.05, 3.63) is 11.9 Å². The van der Waals surface area contributed by atoms with Gasteiger partial charge in [-0.15, -0.1) is 0 Å². The van der Waals surface area contributed by atoms with Crippen LogP contribution in [0.5, 0.6) is 0 Å². The minimum Gasteiger partial charge on any atom is -0.370 e. The van der Waals surface area contributed by atoms with Gasteiger partial charge in [0, 0.05) is 32.7 Å². The molecular formula is C13H25N5O2S. The van der Waals surface area contributed by atoms with Crippen LogP contribution >= 0.6 is 0 Å². The Bertz CT molecular complexity index is 558. The van der Waals surface area contributed by atoms with Crippen LogP contribution < -0.4 is 10.6 Å². The molecule has 1 heterocycles. The van der Waals surface area contributed by atoms with E-state index in [0.717, 1.165) is 17.9 Å². The van der Waals surface area contributed by atoms with E-state index in [1.54, 1.807) is 0 Å². The molecule has 21 heavy (non-hydrogen) atoms. The number of nitrogens with one attached hydrogen (secondary N) is 2. The quantitative estimate of drug-likeness (QED) is 0.752. The highest BCUT2D eigenvalue weighted by Crippen LogP contribution is 2.28. The van der Waals surface area contributed by atoms with Crippen LogP contribution in [-0.4, -0.2) is 55.6 Å². The maximum absolute atomic E-state index is 11.7. The lowest BCUT2D eigenvalue weighted by Crippen LogP contribution is -2.28. The summed E-state index contributed by atoms with van der Waals surface area (Å²) in [5.74, 6) is 1.73. The summed E-state index contributed by atoms with van der Waals surface area (Å²) >= 11 is 0. The van der Waals surface area contributed by atoms with Crippen LogP contribution in [0.15, 0.2) is 6.33 Å². The van der Waals surface area contributed by atoms with Crippen LogP contribution in [0.3, 0.4) is 0 Å². The second-order valence-electron chi connectivity index (χ2n) is 5.19. The molecule has 0 fully saturated rings. The van der Waals surface area contributed by atoms with Gasteiger partial charge in [-0.05, 0) is 12.8 Å². The number of hydrogen-bond acceptors (Lipinski definition) is 6. The van der Waals surface area contributed by atoms with Crippen molar-refractivity contribution < 1.29 is 8.42 Å². The molecule has 1 rings (SSSR count). The third kappa shape index (κ3) is 4.82. The maximum Gasteiger partial charge on any atom is 0.215 e. The van der Waals surface area contributed by atoms with E-state index in [1.807, 2.05) is 6.92 Å². The summed E-state index contributed by atoms with van der Waals surface area (Å²) in [7, 11) is -0.149. The molecule has 0 atom stereocenters. The highest BCUT2D eigenvalue weighted by molar-refractivity contribution is 7.89. The first-order valence-corrected chi connectivity index (χ1v) is 8.63. The largest absolute Gasteiger partial charge is 0.370 e. The molecule has 0 saturated carbocycles. The third-order valence-corrected chi connectivity index (χ3v) is 4.85. The van der Waals surface area contributed by atoms with Crippen molar-refractivity contribution >= 4 is 21.7 Å². The van der Waals surface area contributed by atoms with Gasteiger partial charge in [-0.2, -0.15) is 0 Å². The molecule has 1 aromatic heterocycles. The van der Waals surface area contributed by atoms with E-state index in [-0.39, 0.29) is 11.7 Å². The van der Waals surface area contributed by atoms with Crippen LogP contribution in [0.4, 0.5) is 11.6 Å². The molecule has 0 aliphatic carbocycles. The van der Waals surface area contributed by atoms with Gasteiger partial charge in [0.2, 0.25) is 10.0 Å². The lowest BCUT2D eigenvalue weighted by molar-refractivity contribution is 0.521. The number of sulfonamides is 1. The van der Waals surface area contributed by atoms with Gasteiger partial charge >= 0.3 is 0 Å². The summed E-state index contributed by atoms with van der Waals surface area (Å²) in [6, 6.07) is 0. The smallest absolute Gasteiger partial charge is 0.215 e. The van der Waals surface area contributed by atoms with E-state index in [2.05, 4.69) is 34.4 Å². The summed E-state index contributed by atoms with van der Waals surface area (Å²) in [4.78, 5) is 8.48. The Labute approximate surface area is 127 Å². The van der Waals surface area contributed by atoms with E-state index in [9.17, 15) is 8.42 Å². The summed E-state index contributed by atoms with van der Waals surface area (Å²) in [5, 5.41) is 6.31. The SMILES string of the molecule is CCNc1ncnc(NCCS(=O)(=O)N(C)C)c1C(C)C. The molecule has 0 amide bonds. The molecule has 0 unspecified atom stereocenters. The molecule has 2 N–H and O–H groups in total. The Morgan fingerprint density at radius 1 is 1.19 bits per heavy atom. The zero-order chi connectivity index (χ0) is 16.0. The van der Waals surface area contributed by atoms with Crippen molar-refractivity contribution in [3.8, 4) is 0 Å². The van der Waals surface area contributed by atoms with E-state index in [0.29, 0.717) is 12.4 Å². The van der Waals surface area contributed by atoms with E-state index in [4.69, 9.17) is 0 Å². The molecular weight excluding hydrogens is 290 g/mol. The predicted octanol–water partition coefficient (Wildman–Crippen LogP) is 1.34. The minimum absolute atomic E-state index is 0.0259. The normalized spacial score (nSPS) is 12.0. The second-order valence-corrected chi connectivity index (χ2v) is 7.50. The van der Waals surface area contributed by atoms with Crippen LogP contribution in [0.1, 0.15) is 32.3 Å². The Kier molecular flexibility index (Phi) is 6.35. The molecule has 120 valence electrons. The molecule has 7 nitrogen and oxygen atoms in total. The number of hydrogen-bond donors (Lipinski definition) is 2. The fourth-order valence-corrected chi connectivity index (χ4v) is 2.60. The molecule has 8 heteroatoms. The van der Waals surface area contributed by atoms with Crippen molar-refractivity contribution in [1.29, 1.82) is 0 Å². The van der Waals surface area contributed by atoms with Crippen molar-refractivity contribution in [1.82, 2.24) is 14.3 Å². The van der Waals surface area contributed by atoms with Crippen LogP contribution in [0.25, 0.3) is 0 Å². The molecule has 0 spiro atoms. The summed E-state index contributed by atoms with van der Waals surface area (Å²) < 4.78 is 24.7. The highest BCUT2D eigenvalue weighted by atomic mass is 32.2. The Morgan fingerprint density at radius 2 is 1.76 bits per heavy atom. The Hall–Kier alpha value is -1.41. The van der Waals surface area contributed by atoms with E-state index >= 15 is 0 Å². The van der Waals surface area contributed by atoms with Gasteiger partial charge in [0.25, 0.3) is 0 Å². The zero-order valence-electron chi connectivity index (χ0n) is 13.3. The van der Waals surface area contributed by atoms with Crippen molar-refractivity contribution in [2.75, 3.05) is 43.6 Å². The monoisotopic (exact) mass is 315 g/mol. The zero-order valence-corrected chi connectivity index (χ0v) is 14.2. The second kappa shape index (κ2) is 7.56. The minimum atomic E-state index is -3.21. The maximum atomic E-state index is 11.7. The van der Waals surface area contributed by atoms with Crippen molar-refractivity contribution in [2.24, 2.45) is 0 Å². The van der Waals surface area contributed by atoms with Gasteiger partial charge in [0.1, 0.15) is 18.0 Å². The lowest BCUT2D eigenvalue weighted by Gasteiger charge is -2.18. The molecule has 0 aliphatic rings. The van der Waals surface area contributed by atoms with E-state index < -0.39 is 10.0 Å². The van der Waals surface area contributed by atoms with Crippen LogP contribution in [0, 0.1) is 0 Å². The lowest BCUT2D eigenvalue weighted by atomic mass is 10.0. The summed E-state index contributed by atoms with van der Waals surface area (Å²) in [5.41, 5.74) is 0.974. The topological polar surface area (TPSA) is 87.2 Å². The molecule has 0 radical (unpaired) electrons. The van der Waals surface area contributed by atoms with E-state index in [1.165, 1.54) is 24.7 Å². The van der Waals surface area contributed by atoms with Crippen LogP contribution in [0.2, 0.25) is 0 Å². The first-order valence-electron chi connectivity index (χ1n) is 7.02. The van der Waals surface area contributed by atoms with Gasteiger partial charge in [0.05, 0.1) is 5.75 Å². The average molecular weight is 315 g/mol. The first kappa shape index (κ1) is 17.6. The average Bonchev–Trinajstić information content (AvgIpc) is 2.38. The Morgan fingerprint density at radius 3 is 2.24 bits per heavy atom. The molecule has 0 bridgehead atoms. The number of rotatable bonds is 8. The summed E-state index contributed by atoms with van der Waals surface area (Å²) in [6.07, 6.45) is 1.48. The van der Waals surface area contributed by atoms with Gasteiger partial charge in [-0.1, -0.05) is 13.8 Å². The standard InChI is InChI=1S/C13H25N5O2S/c1-6-14-12-11(10(2)3)13(17-9-16-12)15-7-8-21(19,20)18(4)5/h9-10H,6-8H2,1-5H3,(H2,14,15,16,17). The van der Waals surface area contributed by atoms with Gasteiger partial charge in [0.15, 0.2) is 0 Å². The van der Waals surface area contributed by atoms with Crippen molar-refractivity contribution in [3.63, 3.8) is 0 Å². The third-order valence-electron chi connectivity index (χ3n) is 3.01. The number of anilines is 2. The number of nitrogens with zero attached hydrogens (tertiary/aromatic N) is 3. The fraction of sp³-hybridized carbons (Fsp3) is 0.692. The van der Waals surface area contributed by atoms with Crippen LogP contribution in [-0.2, 0) is 10.0 Å². The number of aromatic nitrogens is 2. The highest BCUT2D eigenvalue weighted by Gasteiger charge is 2.16. The van der Waals surface area contributed by atoms with Gasteiger partial charge < -0.3 is 10.6 Å². The van der Waals surface area contributed by atoms with Gasteiger partial charge in [-0.3, -0.25) is 0 Å². The summed E-state index contributed by atoms with van der Waals surface area (Å²) in [6.45, 7) is 7.19. The molecule has 0 saturated heterocycles.